The Hall–Kier alpha value is -1.14. The maximum absolute atomic E-state index is 11.8. The molecule has 0 aliphatic carbocycles. The number of nitrogens with one attached hydrogen (secondary N) is 2. The van der Waals surface area contributed by atoms with Crippen molar-refractivity contribution in [2.24, 2.45) is 0 Å². The van der Waals surface area contributed by atoms with Crippen LogP contribution < -0.4 is 10.6 Å². The summed E-state index contributed by atoms with van der Waals surface area (Å²) in [6, 6.07) is -0.214. The maximum Gasteiger partial charge on any atom is 0.237 e. The lowest BCUT2D eigenvalue weighted by Crippen LogP contribution is -2.52. The highest BCUT2D eigenvalue weighted by atomic mass is 16.5. The molecule has 6 nitrogen and oxygen atoms in total. The van der Waals surface area contributed by atoms with Crippen LogP contribution in [0.1, 0.15) is 12.8 Å². The standard InChI is InChI=1S/C11H19N3O3/c15-10(14-4-6-17-7-5-14)8-13-9-2-1-3-12-11(9)16/h9,13H,1-8H2,(H,12,16). The quantitative estimate of drug-likeness (QED) is 0.645. The number of amides is 2. The number of carbonyl (C=O) groups excluding carboxylic acids is 2. The van der Waals surface area contributed by atoms with Crippen LogP contribution in [0.25, 0.3) is 0 Å². The molecule has 0 radical (unpaired) electrons. The maximum atomic E-state index is 11.8. The lowest BCUT2D eigenvalue weighted by atomic mass is 10.1. The lowest BCUT2D eigenvalue weighted by Gasteiger charge is -2.28. The Morgan fingerprint density at radius 1 is 1.47 bits per heavy atom. The van der Waals surface area contributed by atoms with Crippen LogP contribution in [0, 0.1) is 0 Å². The summed E-state index contributed by atoms with van der Waals surface area (Å²) in [6.45, 7) is 3.49. The molecule has 0 saturated carbocycles. The Morgan fingerprint density at radius 3 is 2.94 bits per heavy atom. The van der Waals surface area contributed by atoms with Gasteiger partial charge < -0.3 is 15.0 Å². The van der Waals surface area contributed by atoms with Crippen LogP contribution in [0.5, 0.6) is 0 Å². The molecule has 17 heavy (non-hydrogen) atoms. The molecule has 2 fully saturated rings. The number of hydrogen-bond donors (Lipinski definition) is 2. The summed E-state index contributed by atoms with van der Waals surface area (Å²) in [6.07, 6.45) is 1.78. The van der Waals surface area contributed by atoms with E-state index in [0.717, 1.165) is 19.4 Å². The molecule has 2 N–H and O–H groups in total. The Labute approximate surface area is 101 Å². The summed E-state index contributed by atoms with van der Waals surface area (Å²) < 4.78 is 5.18. The Kier molecular flexibility index (Phi) is 4.33. The molecule has 2 saturated heterocycles. The SMILES string of the molecule is O=C1NCCCC1NCC(=O)N1CCOCC1. The van der Waals surface area contributed by atoms with E-state index in [1.165, 1.54) is 0 Å². The van der Waals surface area contributed by atoms with Gasteiger partial charge in [0.25, 0.3) is 0 Å². The van der Waals surface area contributed by atoms with Gasteiger partial charge in [0.2, 0.25) is 11.8 Å². The molecular weight excluding hydrogens is 222 g/mol. The molecule has 96 valence electrons. The molecule has 0 aromatic carbocycles. The van der Waals surface area contributed by atoms with Gasteiger partial charge in [0.05, 0.1) is 25.8 Å². The van der Waals surface area contributed by atoms with Crippen molar-refractivity contribution in [2.45, 2.75) is 18.9 Å². The highest BCUT2D eigenvalue weighted by Gasteiger charge is 2.23. The van der Waals surface area contributed by atoms with E-state index >= 15 is 0 Å². The number of morpholine rings is 1. The zero-order valence-corrected chi connectivity index (χ0v) is 9.91. The monoisotopic (exact) mass is 241 g/mol. The number of nitrogens with zero attached hydrogens (tertiary/aromatic N) is 1. The normalized spacial score (nSPS) is 25.5. The zero-order chi connectivity index (χ0) is 12.1. The van der Waals surface area contributed by atoms with Gasteiger partial charge in [-0.25, -0.2) is 0 Å². The molecule has 2 aliphatic rings. The first-order valence-corrected chi connectivity index (χ1v) is 6.14. The Balaban J connectivity index is 1.73. The number of rotatable bonds is 3. The molecular formula is C11H19N3O3. The van der Waals surface area contributed by atoms with E-state index in [1.807, 2.05) is 0 Å². The first kappa shape index (κ1) is 12.3. The van der Waals surface area contributed by atoms with Crippen molar-refractivity contribution in [3.63, 3.8) is 0 Å². The van der Waals surface area contributed by atoms with Crippen LogP contribution in [0.4, 0.5) is 0 Å². The van der Waals surface area contributed by atoms with E-state index in [4.69, 9.17) is 4.74 Å². The predicted octanol–water partition coefficient (Wildman–Crippen LogP) is -1.29. The van der Waals surface area contributed by atoms with Gasteiger partial charge in [0.1, 0.15) is 0 Å². The molecule has 1 atom stereocenters. The predicted molar refractivity (Wildman–Crippen MR) is 61.4 cm³/mol. The van der Waals surface area contributed by atoms with Crippen molar-refractivity contribution in [1.82, 2.24) is 15.5 Å². The van der Waals surface area contributed by atoms with Gasteiger partial charge >= 0.3 is 0 Å². The summed E-state index contributed by atoms with van der Waals surface area (Å²) >= 11 is 0. The van der Waals surface area contributed by atoms with E-state index in [1.54, 1.807) is 4.90 Å². The van der Waals surface area contributed by atoms with Crippen LogP contribution in [-0.4, -0.2) is 62.1 Å². The molecule has 2 rings (SSSR count). The third kappa shape index (κ3) is 3.41. The van der Waals surface area contributed by atoms with Gasteiger partial charge in [-0.3, -0.25) is 14.9 Å². The number of piperidine rings is 1. The number of hydrogen-bond acceptors (Lipinski definition) is 4. The smallest absolute Gasteiger partial charge is 0.237 e. The van der Waals surface area contributed by atoms with Gasteiger partial charge in [-0.15, -0.1) is 0 Å². The highest BCUT2D eigenvalue weighted by Crippen LogP contribution is 2.03. The lowest BCUT2D eigenvalue weighted by molar-refractivity contribution is -0.134. The number of carbonyl (C=O) groups is 2. The molecule has 2 amide bonds. The van der Waals surface area contributed by atoms with Crippen molar-refractivity contribution in [2.75, 3.05) is 39.4 Å². The van der Waals surface area contributed by atoms with Gasteiger partial charge in [0.15, 0.2) is 0 Å². The minimum atomic E-state index is -0.214. The minimum absolute atomic E-state index is 0.00558. The van der Waals surface area contributed by atoms with Crippen LogP contribution in [0.2, 0.25) is 0 Å². The molecule has 0 aromatic heterocycles. The van der Waals surface area contributed by atoms with E-state index in [2.05, 4.69) is 10.6 Å². The van der Waals surface area contributed by atoms with Crippen LogP contribution >= 0.6 is 0 Å². The van der Waals surface area contributed by atoms with Gasteiger partial charge in [-0.2, -0.15) is 0 Å². The van der Waals surface area contributed by atoms with E-state index in [-0.39, 0.29) is 24.4 Å². The summed E-state index contributed by atoms with van der Waals surface area (Å²) in [5.41, 5.74) is 0. The van der Waals surface area contributed by atoms with Crippen LogP contribution in [-0.2, 0) is 14.3 Å². The van der Waals surface area contributed by atoms with Crippen LogP contribution in [0.3, 0.4) is 0 Å². The highest BCUT2D eigenvalue weighted by molar-refractivity contribution is 5.84. The molecule has 2 heterocycles. The first-order chi connectivity index (χ1) is 8.27. The molecule has 1 unspecified atom stereocenters. The second-order valence-corrected chi connectivity index (χ2v) is 4.36. The molecule has 2 aliphatic heterocycles. The van der Waals surface area contributed by atoms with Crippen molar-refractivity contribution >= 4 is 11.8 Å². The Morgan fingerprint density at radius 2 is 2.24 bits per heavy atom. The van der Waals surface area contributed by atoms with E-state index in [0.29, 0.717) is 26.3 Å². The third-order valence-corrected chi connectivity index (χ3v) is 3.15. The van der Waals surface area contributed by atoms with Gasteiger partial charge in [-0.1, -0.05) is 0 Å². The van der Waals surface area contributed by atoms with Crippen molar-refractivity contribution < 1.29 is 14.3 Å². The fourth-order valence-corrected chi connectivity index (χ4v) is 2.10. The van der Waals surface area contributed by atoms with Crippen molar-refractivity contribution in [3.8, 4) is 0 Å². The average Bonchev–Trinajstić information content (AvgIpc) is 2.38. The summed E-state index contributed by atoms with van der Waals surface area (Å²) in [5.74, 6) is 0.0534. The molecule has 6 heteroatoms. The van der Waals surface area contributed by atoms with E-state index in [9.17, 15) is 9.59 Å². The van der Waals surface area contributed by atoms with Crippen molar-refractivity contribution in [1.29, 1.82) is 0 Å². The second kappa shape index (κ2) is 5.97. The first-order valence-electron chi connectivity index (χ1n) is 6.14. The van der Waals surface area contributed by atoms with Crippen molar-refractivity contribution in [3.05, 3.63) is 0 Å². The third-order valence-electron chi connectivity index (χ3n) is 3.15. The second-order valence-electron chi connectivity index (χ2n) is 4.36. The average molecular weight is 241 g/mol. The summed E-state index contributed by atoms with van der Waals surface area (Å²) in [4.78, 5) is 25.1. The largest absolute Gasteiger partial charge is 0.378 e. The summed E-state index contributed by atoms with van der Waals surface area (Å²) in [7, 11) is 0. The Bertz CT molecular complexity index is 290. The minimum Gasteiger partial charge on any atom is -0.378 e. The van der Waals surface area contributed by atoms with Crippen LogP contribution in [0.15, 0.2) is 0 Å². The van der Waals surface area contributed by atoms with Gasteiger partial charge in [-0.05, 0) is 12.8 Å². The van der Waals surface area contributed by atoms with Gasteiger partial charge in [0, 0.05) is 19.6 Å². The molecule has 0 bridgehead atoms. The summed E-state index contributed by atoms with van der Waals surface area (Å²) in [5, 5.41) is 5.81. The fraction of sp³-hybridized carbons (Fsp3) is 0.818. The fourth-order valence-electron chi connectivity index (χ4n) is 2.10. The molecule has 0 aromatic rings. The topological polar surface area (TPSA) is 70.7 Å². The molecule has 0 spiro atoms. The number of ether oxygens (including phenoxy) is 1. The zero-order valence-electron chi connectivity index (χ0n) is 9.91. The van der Waals surface area contributed by atoms with E-state index < -0.39 is 0 Å².